The van der Waals surface area contributed by atoms with E-state index in [0.29, 0.717) is 9.54 Å². The van der Waals surface area contributed by atoms with Gasteiger partial charge in [0, 0.05) is 5.02 Å². The summed E-state index contributed by atoms with van der Waals surface area (Å²) in [4.78, 5) is 15.7. The van der Waals surface area contributed by atoms with Gasteiger partial charge in [0.1, 0.15) is 0 Å². The lowest BCUT2D eigenvalue weighted by atomic mass is 10.1. The predicted octanol–water partition coefficient (Wildman–Crippen LogP) is 2.73. The molecule has 3 aromatic rings. The molecule has 124 valence electrons. The fourth-order valence-electron chi connectivity index (χ4n) is 2.71. The average Bonchev–Trinajstić information content (AvgIpc) is 3.12. The minimum Gasteiger partial charge on any atom is -0.346 e. The van der Waals surface area contributed by atoms with E-state index in [-0.39, 0.29) is 24.1 Å². The van der Waals surface area contributed by atoms with E-state index in [1.165, 1.54) is 4.57 Å². The first-order valence-electron chi connectivity index (χ1n) is 6.92. The normalized spacial score (nSPS) is 17.1. The van der Waals surface area contributed by atoms with Crippen molar-refractivity contribution in [3.63, 3.8) is 0 Å². The summed E-state index contributed by atoms with van der Waals surface area (Å²) < 4.78 is 40.7. The van der Waals surface area contributed by atoms with E-state index in [9.17, 15) is 18.0 Å². The lowest BCUT2D eigenvalue weighted by molar-refractivity contribution is -0.146. The topological polar surface area (TPSA) is 64.2 Å². The van der Waals surface area contributed by atoms with Gasteiger partial charge in [-0.05, 0) is 17.7 Å². The largest absolute Gasteiger partial charge is 0.451 e. The summed E-state index contributed by atoms with van der Waals surface area (Å²) in [6.07, 6.45) is -3.81. The van der Waals surface area contributed by atoms with Gasteiger partial charge in [-0.3, -0.25) is 9.36 Å². The molecule has 4 rings (SSSR count). The maximum atomic E-state index is 12.9. The van der Waals surface area contributed by atoms with E-state index in [4.69, 9.17) is 11.6 Å². The number of hydrogen-bond acceptors (Lipinski definition) is 4. The van der Waals surface area contributed by atoms with Crippen molar-refractivity contribution in [2.75, 3.05) is 5.32 Å². The molecule has 0 saturated heterocycles. The first-order valence-corrected chi connectivity index (χ1v) is 7.30. The molecule has 1 N–H and O–H groups in total. The summed E-state index contributed by atoms with van der Waals surface area (Å²) in [5, 5.41) is 7.43. The van der Waals surface area contributed by atoms with E-state index in [1.807, 2.05) is 0 Å². The summed E-state index contributed by atoms with van der Waals surface area (Å²) in [5.74, 6) is -1.16. The van der Waals surface area contributed by atoms with Crippen molar-refractivity contribution in [2.45, 2.75) is 18.8 Å². The van der Waals surface area contributed by atoms with Gasteiger partial charge in [-0.15, -0.1) is 5.10 Å². The van der Waals surface area contributed by atoms with E-state index in [0.717, 1.165) is 11.8 Å². The van der Waals surface area contributed by atoms with Crippen LogP contribution in [0.3, 0.4) is 0 Å². The van der Waals surface area contributed by atoms with Gasteiger partial charge in [0.25, 0.3) is 5.56 Å². The second-order valence-corrected chi connectivity index (χ2v) is 5.80. The molecule has 1 atom stereocenters. The minimum absolute atomic E-state index is 0.0657. The highest BCUT2D eigenvalue weighted by molar-refractivity contribution is 6.30. The number of rotatable bonds is 1. The van der Waals surface area contributed by atoms with Gasteiger partial charge in [0.2, 0.25) is 11.8 Å². The first kappa shape index (κ1) is 15.0. The fourth-order valence-corrected chi connectivity index (χ4v) is 2.84. The van der Waals surface area contributed by atoms with Crippen LogP contribution in [0.4, 0.5) is 19.1 Å². The maximum absolute atomic E-state index is 12.9. The van der Waals surface area contributed by atoms with Crippen LogP contribution in [0.1, 0.15) is 17.4 Å². The highest BCUT2D eigenvalue weighted by atomic mass is 35.5. The van der Waals surface area contributed by atoms with Gasteiger partial charge < -0.3 is 5.32 Å². The smallest absolute Gasteiger partial charge is 0.346 e. The molecule has 6 nitrogen and oxygen atoms in total. The molecule has 10 heteroatoms. The Morgan fingerprint density at radius 3 is 2.62 bits per heavy atom. The number of hydrogen-bond donors (Lipinski definition) is 1. The Hall–Kier alpha value is -2.55. The molecule has 0 radical (unpaired) electrons. The molecule has 1 aliphatic heterocycles. The van der Waals surface area contributed by atoms with Crippen LogP contribution in [-0.4, -0.2) is 19.2 Å². The highest BCUT2D eigenvalue weighted by Crippen LogP contribution is 2.30. The van der Waals surface area contributed by atoms with Gasteiger partial charge in [-0.25, -0.2) is 9.50 Å². The van der Waals surface area contributed by atoms with Crippen LogP contribution in [0.15, 0.2) is 35.3 Å². The average molecular weight is 356 g/mol. The quantitative estimate of drug-likeness (QED) is 0.729. The molecule has 0 bridgehead atoms. The molecule has 0 saturated carbocycles. The molecule has 1 aliphatic rings. The molecular formula is C14H9ClF3N5O. The monoisotopic (exact) mass is 355 g/mol. The summed E-state index contributed by atoms with van der Waals surface area (Å²) in [5.41, 5.74) is 0.0553. The third kappa shape index (κ3) is 2.23. The molecule has 1 aromatic carbocycles. The van der Waals surface area contributed by atoms with Crippen LogP contribution >= 0.6 is 11.6 Å². The molecule has 0 fully saturated rings. The van der Waals surface area contributed by atoms with Crippen LogP contribution < -0.4 is 10.9 Å². The molecule has 0 amide bonds. The van der Waals surface area contributed by atoms with Crippen molar-refractivity contribution in [2.24, 2.45) is 0 Å². The molecule has 2 aromatic heterocycles. The van der Waals surface area contributed by atoms with Crippen LogP contribution in [-0.2, 0) is 12.7 Å². The van der Waals surface area contributed by atoms with E-state index < -0.39 is 17.6 Å². The summed E-state index contributed by atoms with van der Waals surface area (Å²) in [6.45, 7) is 0.256. The fraction of sp³-hybridized carbons (Fsp3) is 0.214. The SMILES string of the molecule is O=c1c2cnc(C(F)(F)F)n2nc2n1C[C@H](c1ccc(Cl)cc1)N2. The van der Waals surface area contributed by atoms with Gasteiger partial charge >= 0.3 is 6.18 Å². The third-order valence-electron chi connectivity index (χ3n) is 3.85. The molecule has 24 heavy (non-hydrogen) atoms. The maximum Gasteiger partial charge on any atom is 0.451 e. The Bertz CT molecular complexity index is 993. The van der Waals surface area contributed by atoms with Crippen LogP contribution in [0.5, 0.6) is 0 Å². The number of aromatic nitrogens is 4. The van der Waals surface area contributed by atoms with Crippen molar-refractivity contribution in [1.82, 2.24) is 19.2 Å². The van der Waals surface area contributed by atoms with Crippen LogP contribution in [0, 0.1) is 0 Å². The zero-order valence-corrected chi connectivity index (χ0v) is 12.6. The van der Waals surface area contributed by atoms with Crippen LogP contribution in [0.2, 0.25) is 5.02 Å². The lowest BCUT2D eigenvalue weighted by Gasteiger charge is -2.09. The van der Waals surface area contributed by atoms with Gasteiger partial charge in [0.15, 0.2) is 5.52 Å². The van der Waals surface area contributed by atoms with Crippen molar-refractivity contribution < 1.29 is 13.2 Å². The highest BCUT2D eigenvalue weighted by Gasteiger charge is 2.38. The number of imidazole rings is 1. The zero-order valence-electron chi connectivity index (χ0n) is 11.9. The summed E-state index contributed by atoms with van der Waals surface area (Å²) in [6, 6.07) is 6.69. The predicted molar refractivity (Wildman–Crippen MR) is 80.1 cm³/mol. The Balaban J connectivity index is 1.80. The van der Waals surface area contributed by atoms with Crippen molar-refractivity contribution >= 4 is 23.1 Å². The van der Waals surface area contributed by atoms with Crippen molar-refractivity contribution in [3.05, 3.63) is 57.2 Å². The second-order valence-electron chi connectivity index (χ2n) is 5.36. The standard InChI is InChI=1S/C14H9ClF3N5O/c15-8-3-1-7(2-4-8)9-6-22-11(24)10-5-19-12(14(16,17)18)23(10)21-13(22)20-9/h1-5,9H,6H2,(H,20,21)/t9-/m1/s1. The number of alkyl halides is 3. The Labute approximate surface area is 137 Å². The van der Waals surface area contributed by atoms with Crippen molar-refractivity contribution in [3.8, 4) is 0 Å². The number of nitrogens with one attached hydrogen (secondary N) is 1. The zero-order chi connectivity index (χ0) is 17.1. The van der Waals surface area contributed by atoms with E-state index >= 15 is 0 Å². The molecule has 0 unspecified atom stereocenters. The summed E-state index contributed by atoms with van der Waals surface area (Å²) >= 11 is 5.84. The van der Waals surface area contributed by atoms with Gasteiger partial charge in [0.05, 0.1) is 18.8 Å². The Morgan fingerprint density at radius 1 is 1.25 bits per heavy atom. The third-order valence-corrected chi connectivity index (χ3v) is 4.10. The number of benzene rings is 1. The molecule has 0 spiro atoms. The number of halogens is 4. The van der Waals surface area contributed by atoms with E-state index in [2.05, 4.69) is 15.4 Å². The Morgan fingerprint density at radius 2 is 1.96 bits per heavy atom. The van der Waals surface area contributed by atoms with Gasteiger partial charge in [-0.1, -0.05) is 23.7 Å². The number of nitrogens with zero attached hydrogens (tertiary/aromatic N) is 4. The van der Waals surface area contributed by atoms with Crippen LogP contribution in [0.25, 0.3) is 5.52 Å². The first-order chi connectivity index (χ1) is 11.3. The van der Waals surface area contributed by atoms with E-state index in [1.54, 1.807) is 24.3 Å². The number of anilines is 1. The second kappa shape index (κ2) is 4.97. The molecule has 3 heterocycles. The minimum atomic E-state index is -4.70. The lowest BCUT2D eigenvalue weighted by Crippen LogP contribution is -2.23. The Kier molecular flexibility index (Phi) is 3.11. The molecule has 0 aliphatic carbocycles. The number of fused-ring (bicyclic) bond motifs is 2. The summed E-state index contributed by atoms with van der Waals surface area (Å²) in [7, 11) is 0. The van der Waals surface area contributed by atoms with Crippen molar-refractivity contribution in [1.29, 1.82) is 0 Å². The van der Waals surface area contributed by atoms with Gasteiger partial charge in [-0.2, -0.15) is 13.2 Å². The molecular weight excluding hydrogens is 347 g/mol.